The van der Waals surface area contributed by atoms with E-state index in [1.807, 2.05) is 13.8 Å². The number of hydrogen-bond acceptors (Lipinski definition) is 5. The molecule has 0 spiro atoms. The maximum Gasteiger partial charge on any atom is 0.329 e. The maximum atomic E-state index is 13.3. The number of carbonyl (C=O) groups is 2. The van der Waals surface area contributed by atoms with Gasteiger partial charge in [0.25, 0.3) is 5.91 Å². The number of nitrogens with one attached hydrogen (secondary N) is 2. The largest absolute Gasteiger partial charge is 0.361 e. The van der Waals surface area contributed by atoms with E-state index < -0.39 is 12.1 Å². The molecule has 3 amide bonds. The van der Waals surface area contributed by atoms with Gasteiger partial charge in [-0.1, -0.05) is 17.3 Å². The lowest BCUT2D eigenvalue weighted by molar-refractivity contribution is -0.118. The van der Waals surface area contributed by atoms with Crippen LogP contribution in [0.2, 0.25) is 0 Å². The number of H-pyrrole nitrogens is 1. The lowest BCUT2D eigenvalue weighted by atomic mass is 10.0. The zero-order valence-electron chi connectivity index (χ0n) is 16.0. The molecule has 1 fully saturated rings. The summed E-state index contributed by atoms with van der Waals surface area (Å²) in [5.41, 5.74) is 3.42. The minimum absolute atomic E-state index is 0.326. The Hall–Kier alpha value is -3.49. The summed E-state index contributed by atoms with van der Waals surface area (Å²) >= 11 is 0. The molecule has 0 aliphatic carbocycles. The molecule has 3 heterocycles. The van der Waals surface area contributed by atoms with Crippen LogP contribution in [0.25, 0.3) is 0 Å². The average molecular weight is 397 g/mol. The highest BCUT2D eigenvalue weighted by atomic mass is 19.1. The van der Waals surface area contributed by atoms with E-state index in [0.717, 1.165) is 21.7 Å². The van der Waals surface area contributed by atoms with Gasteiger partial charge in [0.15, 0.2) is 0 Å². The van der Waals surface area contributed by atoms with Crippen molar-refractivity contribution in [2.45, 2.75) is 39.2 Å². The lowest BCUT2D eigenvalue weighted by Crippen LogP contribution is -2.32. The Morgan fingerprint density at radius 2 is 2.10 bits per heavy atom. The van der Waals surface area contributed by atoms with Gasteiger partial charge in [-0.05, 0) is 44.4 Å². The van der Waals surface area contributed by atoms with Crippen molar-refractivity contribution < 1.29 is 18.5 Å². The first kappa shape index (κ1) is 18.9. The minimum atomic E-state index is -0.674. The van der Waals surface area contributed by atoms with Gasteiger partial charge in [-0.25, -0.2) is 14.1 Å². The number of amides is 3. The van der Waals surface area contributed by atoms with E-state index in [1.54, 1.807) is 12.1 Å². The molecule has 4 rings (SSSR count). The van der Waals surface area contributed by atoms with Gasteiger partial charge in [0.1, 0.15) is 17.6 Å². The number of aromatic nitrogens is 3. The zero-order valence-corrected chi connectivity index (χ0v) is 16.0. The molecular formula is C20H20FN5O3. The van der Waals surface area contributed by atoms with Gasteiger partial charge in [-0.2, -0.15) is 5.10 Å². The number of aryl methyl sites for hydroxylation is 3. The molecule has 1 saturated heterocycles. The second-order valence-corrected chi connectivity index (χ2v) is 7.06. The monoisotopic (exact) mass is 397 g/mol. The third kappa shape index (κ3) is 3.63. The molecule has 1 unspecified atom stereocenters. The highest BCUT2D eigenvalue weighted by molar-refractivity contribution is 6.21. The Bertz CT molecular complexity index is 1050. The Morgan fingerprint density at radius 3 is 2.83 bits per heavy atom. The van der Waals surface area contributed by atoms with Gasteiger partial charge in [-0.3, -0.25) is 9.89 Å². The number of nitrogens with zero attached hydrogens (tertiary/aromatic N) is 3. The van der Waals surface area contributed by atoms with E-state index in [9.17, 15) is 14.0 Å². The van der Waals surface area contributed by atoms with Crippen molar-refractivity contribution in [2.75, 3.05) is 4.90 Å². The molecule has 1 aromatic carbocycles. The predicted molar refractivity (Wildman–Crippen MR) is 102 cm³/mol. The van der Waals surface area contributed by atoms with Crippen molar-refractivity contribution >= 4 is 17.6 Å². The Morgan fingerprint density at radius 1 is 1.28 bits per heavy atom. The first-order valence-corrected chi connectivity index (χ1v) is 9.27. The van der Waals surface area contributed by atoms with Gasteiger partial charge in [0.05, 0.1) is 23.3 Å². The fraction of sp³-hybridized carbons (Fsp3) is 0.300. The first-order chi connectivity index (χ1) is 13.9. The van der Waals surface area contributed by atoms with Gasteiger partial charge >= 0.3 is 6.03 Å². The van der Waals surface area contributed by atoms with Crippen LogP contribution in [0.5, 0.6) is 0 Å². The third-order valence-corrected chi connectivity index (χ3v) is 5.10. The maximum absolute atomic E-state index is 13.3. The average Bonchev–Trinajstić information content (AvgIpc) is 3.34. The number of hydrogen-bond donors (Lipinski definition) is 2. The zero-order chi connectivity index (χ0) is 20.5. The topological polar surface area (TPSA) is 104 Å². The second kappa shape index (κ2) is 7.50. The molecule has 150 valence electrons. The Kier molecular flexibility index (Phi) is 4.87. The van der Waals surface area contributed by atoms with E-state index in [1.165, 1.54) is 18.3 Å². The van der Waals surface area contributed by atoms with Crippen LogP contribution in [-0.2, 0) is 17.6 Å². The van der Waals surface area contributed by atoms with E-state index >= 15 is 0 Å². The highest BCUT2D eigenvalue weighted by Crippen LogP contribution is 2.27. The summed E-state index contributed by atoms with van der Waals surface area (Å²) < 4.78 is 18.5. The molecule has 2 aromatic heterocycles. The molecule has 0 radical (unpaired) electrons. The third-order valence-electron chi connectivity index (χ3n) is 5.10. The molecule has 1 aliphatic heterocycles. The number of aromatic amines is 1. The fourth-order valence-electron chi connectivity index (χ4n) is 3.52. The van der Waals surface area contributed by atoms with E-state index in [0.29, 0.717) is 36.4 Å². The SMILES string of the molecule is Cc1noc(C)c1Cc1[nH]ncc1N1C(=O)NC(CCc2cccc(F)c2)C1=O. The van der Waals surface area contributed by atoms with Gasteiger partial charge in [0, 0.05) is 12.0 Å². The highest BCUT2D eigenvalue weighted by Gasteiger charge is 2.40. The predicted octanol–water partition coefficient (Wildman–Crippen LogP) is 2.80. The number of benzene rings is 1. The summed E-state index contributed by atoms with van der Waals surface area (Å²) in [6.07, 6.45) is 2.71. The number of imide groups is 1. The number of halogens is 1. The first-order valence-electron chi connectivity index (χ1n) is 9.27. The van der Waals surface area contributed by atoms with E-state index in [-0.39, 0.29) is 11.7 Å². The van der Waals surface area contributed by atoms with Crippen molar-refractivity contribution in [1.82, 2.24) is 20.7 Å². The van der Waals surface area contributed by atoms with Crippen LogP contribution in [0.4, 0.5) is 14.9 Å². The summed E-state index contributed by atoms with van der Waals surface area (Å²) in [6.45, 7) is 3.64. The fourth-order valence-corrected chi connectivity index (χ4v) is 3.52. The summed E-state index contributed by atoms with van der Waals surface area (Å²) in [7, 11) is 0. The van der Waals surface area contributed by atoms with Crippen molar-refractivity contribution in [3.63, 3.8) is 0 Å². The van der Waals surface area contributed by atoms with Crippen molar-refractivity contribution in [3.05, 3.63) is 64.6 Å². The molecule has 29 heavy (non-hydrogen) atoms. The Labute approximate surface area is 166 Å². The summed E-state index contributed by atoms with van der Waals surface area (Å²) in [6, 6.07) is 5.04. The molecule has 9 heteroatoms. The smallest absolute Gasteiger partial charge is 0.329 e. The van der Waals surface area contributed by atoms with Crippen LogP contribution in [0.1, 0.15) is 34.7 Å². The molecule has 2 N–H and O–H groups in total. The van der Waals surface area contributed by atoms with Gasteiger partial charge < -0.3 is 9.84 Å². The molecule has 0 bridgehead atoms. The molecule has 1 atom stereocenters. The van der Waals surface area contributed by atoms with E-state index in [4.69, 9.17) is 4.52 Å². The van der Waals surface area contributed by atoms with Crippen molar-refractivity contribution in [3.8, 4) is 0 Å². The van der Waals surface area contributed by atoms with Crippen molar-refractivity contribution in [1.29, 1.82) is 0 Å². The standard InChI is InChI=1S/C20H20FN5O3/c1-11-15(12(2)29-25-11)9-17-18(10-22-24-17)26-19(27)16(23-20(26)28)7-6-13-4-3-5-14(21)8-13/h3-5,8,10,16H,6-7,9H2,1-2H3,(H,22,24)(H,23,28). The van der Waals surface area contributed by atoms with Crippen LogP contribution < -0.4 is 10.2 Å². The molecule has 0 saturated carbocycles. The molecule has 8 nitrogen and oxygen atoms in total. The normalized spacial score (nSPS) is 16.5. The van der Waals surface area contributed by atoms with Gasteiger partial charge in [0.2, 0.25) is 0 Å². The van der Waals surface area contributed by atoms with Crippen molar-refractivity contribution in [2.24, 2.45) is 0 Å². The van der Waals surface area contributed by atoms with Crippen LogP contribution in [0.15, 0.2) is 35.0 Å². The summed E-state index contributed by atoms with van der Waals surface area (Å²) in [4.78, 5) is 26.5. The van der Waals surface area contributed by atoms with Gasteiger partial charge in [-0.15, -0.1) is 0 Å². The quantitative estimate of drug-likeness (QED) is 0.623. The molecule has 3 aromatic rings. The van der Waals surface area contributed by atoms with E-state index in [2.05, 4.69) is 20.7 Å². The minimum Gasteiger partial charge on any atom is -0.361 e. The number of rotatable bonds is 6. The molecular weight excluding hydrogens is 377 g/mol. The number of urea groups is 1. The molecule has 1 aliphatic rings. The lowest BCUT2D eigenvalue weighted by Gasteiger charge is -2.13. The van der Waals surface area contributed by atoms with Crippen LogP contribution >= 0.6 is 0 Å². The second-order valence-electron chi connectivity index (χ2n) is 7.06. The number of carbonyl (C=O) groups excluding carboxylic acids is 2. The summed E-state index contributed by atoms with van der Waals surface area (Å²) in [5.74, 6) is -0.00527. The van der Waals surface area contributed by atoms with Crippen LogP contribution in [-0.4, -0.2) is 33.3 Å². The Balaban J connectivity index is 1.50. The van der Waals surface area contributed by atoms with Crippen LogP contribution in [0, 0.1) is 19.7 Å². The van der Waals surface area contributed by atoms with Crippen LogP contribution in [0.3, 0.4) is 0 Å². The summed E-state index contributed by atoms with van der Waals surface area (Å²) in [5, 5.41) is 13.5. The number of anilines is 1.